The van der Waals surface area contributed by atoms with Crippen molar-refractivity contribution in [3.05, 3.63) is 30.0 Å². The van der Waals surface area contributed by atoms with Gasteiger partial charge >= 0.3 is 0 Å². The van der Waals surface area contributed by atoms with E-state index in [0.717, 1.165) is 50.2 Å². The summed E-state index contributed by atoms with van der Waals surface area (Å²) in [6, 6.07) is 3.92. The molecular formula is C20H29ClN4O3. The number of halogens is 1. The van der Waals surface area contributed by atoms with Gasteiger partial charge in [0.15, 0.2) is 0 Å². The minimum Gasteiger partial charge on any atom is -0.366 e. The average Bonchev–Trinajstić information content (AvgIpc) is 2.73. The van der Waals surface area contributed by atoms with Crippen LogP contribution in [0.5, 0.6) is 0 Å². The van der Waals surface area contributed by atoms with Crippen LogP contribution in [0.3, 0.4) is 0 Å². The van der Waals surface area contributed by atoms with Crippen LogP contribution in [0, 0.1) is 5.92 Å². The number of hydrogen-bond donors (Lipinski definition) is 3. The third kappa shape index (κ3) is 6.21. The standard InChI is InChI=1S/C20H28N4O3.ClH/c25-19(23-27)11-9-15-8-10-18(21-13-15)22-17-7-4-12-24(14-17)20(26)16-5-2-1-3-6-16;/h8-11,13,16-17,27H,1-7,12,14H2,(H,21,22)(H,23,25);1H/t17-;/m1./s1. The summed E-state index contributed by atoms with van der Waals surface area (Å²) in [5.74, 6) is 0.729. The minimum absolute atomic E-state index is 0. The lowest BCUT2D eigenvalue weighted by Gasteiger charge is -2.36. The van der Waals surface area contributed by atoms with Crippen LogP contribution in [0.2, 0.25) is 0 Å². The number of amides is 2. The van der Waals surface area contributed by atoms with Gasteiger partial charge in [0.05, 0.1) is 0 Å². The minimum atomic E-state index is -0.581. The summed E-state index contributed by atoms with van der Waals surface area (Å²) in [6.45, 7) is 1.59. The molecule has 0 bridgehead atoms. The number of rotatable bonds is 5. The van der Waals surface area contributed by atoms with Crippen molar-refractivity contribution < 1.29 is 14.8 Å². The Kier molecular flexibility index (Phi) is 8.73. The van der Waals surface area contributed by atoms with Crippen LogP contribution < -0.4 is 10.8 Å². The zero-order chi connectivity index (χ0) is 19.1. The Morgan fingerprint density at radius 2 is 1.93 bits per heavy atom. The Morgan fingerprint density at radius 3 is 2.61 bits per heavy atom. The first-order valence-electron chi connectivity index (χ1n) is 9.79. The van der Waals surface area contributed by atoms with Crippen molar-refractivity contribution in [1.29, 1.82) is 0 Å². The third-order valence-electron chi connectivity index (χ3n) is 5.36. The number of pyridine rings is 1. The highest BCUT2D eigenvalue weighted by Gasteiger charge is 2.29. The number of anilines is 1. The molecule has 1 saturated heterocycles. The molecule has 7 nitrogen and oxygen atoms in total. The van der Waals surface area contributed by atoms with Crippen molar-refractivity contribution >= 4 is 36.1 Å². The summed E-state index contributed by atoms with van der Waals surface area (Å²) in [4.78, 5) is 30.2. The first-order valence-corrected chi connectivity index (χ1v) is 9.79. The van der Waals surface area contributed by atoms with E-state index >= 15 is 0 Å². The van der Waals surface area contributed by atoms with Gasteiger partial charge in [0.2, 0.25) is 5.91 Å². The number of aromatic nitrogens is 1. The van der Waals surface area contributed by atoms with Gasteiger partial charge in [-0.15, -0.1) is 12.4 Å². The molecule has 28 heavy (non-hydrogen) atoms. The largest absolute Gasteiger partial charge is 0.366 e. The molecule has 3 rings (SSSR count). The molecule has 2 aliphatic rings. The maximum absolute atomic E-state index is 12.8. The SMILES string of the molecule is Cl.O=C(C=Cc1ccc(N[C@@H]2CCCN(C(=O)C3CCCCC3)C2)nc1)NO. The predicted molar refractivity (Wildman–Crippen MR) is 110 cm³/mol. The second-order valence-corrected chi connectivity index (χ2v) is 7.39. The molecule has 8 heteroatoms. The number of nitrogens with zero attached hydrogens (tertiary/aromatic N) is 2. The third-order valence-corrected chi connectivity index (χ3v) is 5.36. The van der Waals surface area contributed by atoms with Gasteiger partial charge in [-0.2, -0.15) is 0 Å². The van der Waals surface area contributed by atoms with Crippen LogP contribution in [-0.2, 0) is 9.59 Å². The van der Waals surface area contributed by atoms with Gasteiger partial charge in [-0.1, -0.05) is 19.3 Å². The Labute approximate surface area is 172 Å². The molecule has 154 valence electrons. The monoisotopic (exact) mass is 408 g/mol. The number of likely N-dealkylation sites (tertiary alicyclic amines) is 1. The number of carbonyl (C=O) groups excluding carboxylic acids is 2. The molecule has 1 aliphatic heterocycles. The van der Waals surface area contributed by atoms with E-state index < -0.39 is 5.91 Å². The van der Waals surface area contributed by atoms with Gasteiger partial charge in [-0.25, -0.2) is 10.5 Å². The molecule has 0 spiro atoms. The van der Waals surface area contributed by atoms with E-state index in [9.17, 15) is 9.59 Å². The lowest BCUT2D eigenvalue weighted by molar-refractivity contribution is -0.137. The molecule has 3 N–H and O–H groups in total. The van der Waals surface area contributed by atoms with Crippen LogP contribution in [0.15, 0.2) is 24.4 Å². The highest BCUT2D eigenvalue weighted by molar-refractivity contribution is 5.90. The van der Waals surface area contributed by atoms with Crippen molar-refractivity contribution in [3.63, 3.8) is 0 Å². The van der Waals surface area contributed by atoms with Gasteiger partial charge < -0.3 is 10.2 Å². The van der Waals surface area contributed by atoms with Crippen molar-refractivity contribution in [3.8, 4) is 0 Å². The summed E-state index contributed by atoms with van der Waals surface area (Å²) >= 11 is 0. The number of hydrogen-bond acceptors (Lipinski definition) is 5. The predicted octanol–water partition coefficient (Wildman–Crippen LogP) is 3.01. The quantitative estimate of drug-likeness (QED) is 0.395. The van der Waals surface area contributed by atoms with E-state index in [1.165, 1.54) is 25.3 Å². The maximum Gasteiger partial charge on any atom is 0.267 e. The van der Waals surface area contributed by atoms with Crippen molar-refractivity contribution in [2.24, 2.45) is 5.92 Å². The van der Waals surface area contributed by atoms with Crippen molar-refractivity contribution in [2.75, 3.05) is 18.4 Å². The molecule has 1 aromatic heterocycles. The Morgan fingerprint density at radius 1 is 1.14 bits per heavy atom. The van der Waals surface area contributed by atoms with Crippen LogP contribution in [0.25, 0.3) is 6.08 Å². The lowest BCUT2D eigenvalue weighted by Crippen LogP contribution is -2.47. The van der Waals surface area contributed by atoms with Gasteiger partial charge in [-0.3, -0.25) is 14.8 Å². The highest BCUT2D eigenvalue weighted by atomic mass is 35.5. The van der Waals surface area contributed by atoms with E-state index in [0.29, 0.717) is 5.91 Å². The summed E-state index contributed by atoms with van der Waals surface area (Å²) in [7, 11) is 0. The topological polar surface area (TPSA) is 94.6 Å². The van der Waals surface area contributed by atoms with Crippen LogP contribution in [0.4, 0.5) is 5.82 Å². The first kappa shape index (κ1) is 22.2. The Balaban J connectivity index is 0.00000280. The normalized spacial score (nSPS) is 20.5. The number of piperidine rings is 1. The Bertz CT molecular complexity index is 675. The fourth-order valence-electron chi connectivity index (χ4n) is 3.91. The fraction of sp³-hybridized carbons (Fsp3) is 0.550. The molecule has 2 amide bonds. The van der Waals surface area contributed by atoms with E-state index in [1.54, 1.807) is 17.8 Å². The highest BCUT2D eigenvalue weighted by Crippen LogP contribution is 2.27. The first-order chi connectivity index (χ1) is 13.2. The average molecular weight is 409 g/mol. The number of carbonyl (C=O) groups is 2. The van der Waals surface area contributed by atoms with Crippen LogP contribution >= 0.6 is 12.4 Å². The molecule has 0 aromatic carbocycles. The summed E-state index contributed by atoms with van der Waals surface area (Å²) in [5, 5.41) is 11.9. The van der Waals surface area contributed by atoms with Gasteiger partial charge in [0.25, 0.3) is 5.91 Å². The maximum atomic E-state index is 12.8. The second-order valence-electron chi connectivity index (χ2n) is 7.39. The molecule has 1 saturated carbocycles. The molecule has 1 aliphatic carbocycles. The van der Waals surface area contributed by atoms with Crippen molar-refractivity contribution in [1.82, 2.24) is 15.4 Å². The van der Waals surface area contributed by atoms with E-state index in [-0.39, 0.29) is 24.4 Å². The van der Waals surface area contributed by atoms with E-state index in [4.69, 9.17) is 5.21 Å². The van der Waals surface area contributed by atoms with Gasteiger partial charge in [0.1, 0.15) is 5.82 Å². The zero-order valence-corrected chi connectivity index (χ0v) is 16.8. The van der Waals surface area contributed by atoms with E-state index in [1.807, 2.05) is 17.0 Å². The lowest BCUT2D eigenvalue weighted by atomic mass is 9.87. The summed E-state index contributed by atoms with van der Waals surface area (Å²) in [6.07, 6.45) is 12.2. The summed E-state index contributed by atoms with van der Waals surface area (Å²) < 4.78 is 0. The second kappa shape index (κ2) is 11.0. The Hall–Kier alpha value is -2.12. The molecule has 2 heterocycles. The van der Waals surface area contributed by atoms with Crippen LogP contribution in [0.1, 0.15) is 50.5 Å². The molecular weight excluding hydrogens is 380 g/mol. The molecule has 2 fully saturated rings. The van der Waals surface area contributed by atoms with Gasteiger partial charge in [0, 0.05) is 37.3 Å². The molecule has 0 radical (unpaired) electrons. The van der Waals surface area contributed by atoms with Crippen LogP contribution in [-0.4, -0.2) is 46.0 Å². The molecule has 0 unspecified atom stereocenters. The zero-order valence-electron chi connectivity index (χ0n) is 16.0. The summed E-state index contributed by atoms with van der Waals surface area (Å²) in [5.41, 5.74) is 2.31. The number of hydroxylamine groups is 1. The van der Waals surface area contributed by atoms with Crippen molar-refractivity contribution in [2.45, 2.75) is 51.0 Å². The van der Waals surface area contributed by atoms with E-state index in [2.05, 4.69) is 10.3 Å². The smallest absolute Gasteiger partial charge is 0.267 e. The fourth-order valence-corrected chi connectivity index (χ4v) is 3.91. The van der Waals surface area contributed by atoms with Gasteiger partial charge in [-0.05, 0) is 49.5 Å². The molecule has 1 aromatic rings. The number of nitrogens with one attached hydrogen (secondary N) is 2. The molecule has 1 atom stereocenters.